The molecule has 0 fully saturated rings. The second-order valence-corrected chi connectivity index (χ2v) is 15.1. The lowest BCUT2D eigenvalue weighted by atomic mass is 10.1. The Morgan fingerprint density at radius 1 is 0.418 bits per heavy atom. The number of aliphatic carboxylic acids is 2. The highest BCUT2D eigenvalue weighted by molar-refractivity contribution is 5.66. The maximum Gasteiger partial charge on any atom is 0.303 e. The topological polar surface area (TPSA) is 138 Å². The molecule has 0 saturated carbocycles. The van der Waals surface area contributed by atoms with E-state index in [2.05, 4.69) is 87.3 Å². The van der Waals surface area contributed by atoms with Crippen LogP contribution >= 0.6 is 0 Å². The van der Waals surface area contributed by atoms with Gasteiger partial charge in [0.05, 0.1) is 0 Å². The van der Waals surface area contributed by atoms with Crippen LogP contribution in [0.1, 0.15) is 235 Å². The van der Waals surface area contributed by atoms with Crippen molar-refractivity contribution in [2.75, 3.05) is 0 Å². The van der Waals surface area contributed by atoms with Crippen LogP contribution in [0.15, 0.2) is 109 Å². The first-order valence-electron chi connectivity index (χ1n) is 26.3. The highest BCUT2D eigenvalue weighted by atomic mass is 17.1. The molecule has 67 heavy (non-hydrogen) atoms. The van der Waals surface area contributed by atoms with Crippen molar-refractivity contribution in [2.24, 2.45) is 0 Å². The smallest absolute Gasteiger partial charge is 0.303 e. The number of carboxylic acid groups (broad SMARTS) is 2. The molecule has 0 amide bonds. The predicted molar refractivity (Wildman–Crippen MR) is 292 cm³/mol. The Kier molecular flexibility index (Phi) is 87.7. The fourth-order valence-electron chi connectivity index (χ4n) is 5.33. The molecule has 0 rings (SSSR count). The van der Waals surface area contributed by atoms with Crippen LogP contribution in [0.5, 0.6) is 0 Å². The minimum Gasteiger partial charge on any atom is -0.481 e. The fourth-order valence-corrected chi connectivity index (χ4v) is 5.33. The van der Waals surface area contributed by atoms with E-state index in [1.165, 1.54) is 89.5 Å². The predicted octanol–water partition coefficient (Wildman–Crippen LogP) is 18.4. The Hall–Kier alpha value is -4.14. The van der Waals surface area contributed by atoms with Crippen LogP contribution in [0.3, 0.4) is 0 Å². The summed E-state index contributed by atoms with van der Waals surface area (Å²) in [5.41, 5.74) is 0. The second kappa shape index (κ2) is 79.0. The summed E-state index contributed by atoms with van der Waals surface area (Å²) < 4.78 is 0. The van der Waals surface area contributed by atoms with Gasteiger partial charge in [-0.3, -0.25) is 19.6 Å². The lowest BCUT2D eigenvalue weighted by molar-refractivity contribution is -0.264. The summed E-state index contributed by atoms with van der Waals surface area (Å²) >= 11 is 0. The Bertz CT molecular complexity index is 1240. The Labute approximate surface area is 413 Å². The third-order valence-electron chi connectivity index (χ3n) is 9.04. The van der Waals surface area contributed by atoms with E-state index >= 15 is 0 Å². The van der Waals surface area contributed by atoms with E-state index in [4.69, 9.17) is 15.5 Å². The van der Waals surface area contributed by atoms with Gasteiger partial charge in [-0.2, -0.15) is 0 Å². The quantitative estimate of drug-likeness (QED) is 0.0105. The first-order chi connectivity index (χ1) is 32.8. The molecular weight excluding hydrogens is 837 g/mol. The van der Waals surface area contributed by atoms with Crippen LogP contribution in [0.25, 0.3) is 0 Å². The van der Waals surface area contributed by atoms with Crippen LogP contribution in [-0.2, 0) is 24.1 Å². The minimum absolute atomic E-state index is 0.226. The van der Waals surface area contributed by atoms with E-state index in [1.54, 1.807) is 6.08 Å². The number of unbranched alkanes of at least 4 members (excludes halogenated alkanes) is 16. The summed E-state index contributed by atoms with van der Waals surface area (Å²) in [5, 5.41) is 25.8. The summed E-state index contributed by atoms with van der Waals surface area (Å²) in [7, 11) is 0. The van der Waals surface area contributed by atoms with Gasteiger partial charge in [-0.05, 0) is 115 Å². The molecule has 0 aliphatic rings. The van der Waals surface area contributed by atoms with Gasteiger partial charge in [0.15, 0.2) is 0 Å². The van der Waals surface area contributed by atoms with E-state index in [1.807, 2.05) is 70.2 Å². The highest BCUT2D eigenvalue weighted by Crippen LogP contribution is 2.07. The van der Waals surface area contributed by atoms with Crippen molar-refractivity contribution < 1.29 is 39.5 Å². The minimum atomic E-state index is -0.745. The molecule has 388 valence electrons. The van der Waals surface area contributed by atoms with Crippen LogP contribution in [0.2, 0.25) is 0 Å². The third-order valence-corrected chi connectivity index (χ3v) is 9.04. The van der Waals surface area contributed by atoms with E-state index < -0.39 is 11.9 Å². The lowest BCUT2D eigenvalue weighted by Gasteiger charge is -2.04. The molecule has 8 nitrogen and oxygen atoms in total. The molecule has 0 aromatic heterocycles. The van der Waals surface area contributed by atoms with Gasteiger partial charge in [-0.1, -0.05) is 210 Å². The number of hydrogen-bond acceptors (Lipinski definition) is 6. The van der Waals surface area contributed by atoms with Crippen molar-refractivity contribution in [3.05, 3.63) is 109 Å². The van der Waals surface area contributed by atoms with Crippen LogP contribution in [0.4, 0.5) is 0 Å². The second-order valence-electron chi connectivity index (χ2n) is 15.1. The maximum absolute atomic E-state index is 10.3. The summed E-state index contributed by atoms with van der Waals surface area (Å²) in [5.74, 6) is -1.44. The van der Waals surface area contributed by atoms with Crippen LogP contribution in [0, 0.1) is 0 Å². The Morgan fingerprint density at radius 3 is 1.12 bits per heavy atom. The molecule has 0 saturated heterocycles. The average molecular weight is 941 g/mol. The van der Waals surface area contributed by atoms with Gasteiger partial charge in [0.25, 0.3) is 0 Å². The lowest BCUT2D eigenvalue weighted by Crippen LogP contribution is -2.04. The molecule has 0 heterocycles. The summed E-state index contributed by atoms with van der Waals surface area (Å²) in [4.78, 5) is 44.7. The molecule has 0 aliphatic heterocycles. The molecule has 0 aromatic rings. The zero-order chi connectivity index (χ0) is 51.4. The van der Waals surface area contributed by atoms with Crippen molar-refractivity contribution in [2.45, 2.75) is 241 Å². The largest absolute Gasteiger partial charge is 0.481 e. The summed E-state index contributed by atoms with van der Waals surface area (Å²) in [6.07, 6.45) is 66.3. The van der Waals surface area contributed by atoms with Gasteiger partial charge in [0, 0.05) is 19.3 Å². The average Bonchev–Trinajstić information content (AvgIpc) is 3.34. The molecule has 8 heteroatoms. The molecule has 0 aromatic carbocycles. The molecule has 3 N–H and O–H groups in total. The van der Waals surface area contributed by atoms with Gasteiger partial charge in [0.1, 0.15) is 18.7 Å². The van der Waals surface area contributed by atoms with Gasteiger partial charge in [-0.15, -0.1) is 0 Å². The number of allylic oxidation sites excluding steroid dienone is 16. The van der Waals surface area contributed by atoms with E-state index in [0.29, 0.717) is 25.7 Å². The van der Waals surface area contributed by atoms with Crippen molar-refractivity contribution >= 4 is 24.5 Å². The highest BCUT2D eigenvalue weighted by Gasteiger charge is 2.00. The number of hydrogen-bond donors (Lipinski definition) is 3. The van der Waals surface area contributed by atoms with Crippen LogP contribution in [-0.4, -0.2) is 46.1 Å². The number of carbonyl (C=O) groups excluding carboxylic acids is 2. The molecule has 1 unspecified atom stereocenters. The normalized spacial score (nSPS) is 11.7. The van der Waals surface area contributed by atoms with Gasteiger partial charge >= 0.3 is 11.9 Å². The Morgan fingerprint density at radius 2 is 0.761 bits per heavy atom. The van der Waals surface area contributed by atoms with Crippen LogP contribution < -0.4 is 0 Å². The van der Waals surface area contributed by atoms with Gasteiger partial charge < -0.3 is 15.0 Å². The van der Waals surface area contributed by atoms with Crippen molar-refractivity contribution in [3.63, 3.8) is 0 Å². The SMILES string of the molecule is CC.CC.CCCCC/C=C\C/C=C\C/C=C\CCCCC(=O)O.CCCCC/C=C\C=C\C(C/C=C\CCCCC(=O)O)OO.CCCCC/C=C\C=C\C=O.CCCCC/C=C\CC=O. The zero-order valence-corrected chi connectivity index (χ0v) is 44.3. The van der Waals surface area contributed by atoms with Gasteiger partial charge in [-0.25, -0.2) is 4.89 Å². The molecule has 1 atom stereocenters. The number of aldehydes is 2. The number of carbonyl (C=O) groups is 4. The number of carboxylic acids is 2. The molecular formula is C59H104O8. The first kappa shape index (κ1) is 74.4. The fraction of sp³-hybridized carbons (Fsp3) is 0.627. The van der Waals surface area contributed by atoms with Gasteiger partial charge in [0.2, 0.25) is 0 Å². The van der Waals surface area contributed by atoms with E-state index in [-0.39, 0.29) is 12.5 Å². The standard InChI is InChI=1S/C18H30O4.C18H30O2.C10H16O.C9H16O.2C2H6/c1-2-3-4-5-6-8-11-14-17(22-21)15-12-9-7-10-13-16-18(19)20;1-2-3-4-5-6-7-8-9-10-11-12-13-14-15-16-17-18(19)20;1-2-3-4-5-6-7-8-9-10-11;1-2-3-4-5-6-7-8-9-10;2*1-2/h6,8-9,11-12,14,17,21H,2-5,7,10,13,15-16H2,1H3,(H,19,20);6-7,9-10,12-13H,2-5,8,11,14-17H2,1H3,(H,19,20);6-10H,2-5H2,1H3;6-7,9H,2-5,8H2,1H3;2*1-2H3/b8-6-,12-9-,14-11+;7-6-,10-9-,13-12-;7-6-,9-8+;7-6-;;. The first-order valence-corrected chi connectivity index (χ1v) is 26.3. The summed E-state index contributed by atoms with van der Waals surface area (Å²) in [6.45, 7) is 16.8. The molecule has 0 radical (unpaired) electrons. The van der Waals surface area contributed by atoms with Crippen molar-refractivity contribution in [1.82, 2.24) is 0 Å². The monoisotopic (exact) mass is 941 g/mol. The number of rotatable bonds is 39. The maximum atomic E-state index is 10.3. The third kappa shape index (κ3) is 92.8. The van der Waals surface area contributed by atoms with E-state index in [0.717, 1.165) is 76.8 Å². The zero-order valence-electron chi connectivity index (χ0n) is 44.3. The molecule has 0 spiro atoms. The molecule has 0 aliphatic carbocycles. The van der Waals surface area contributed by atoms with E-state index in [9.17, 15) is 19.2 Å². The Balaban J connectivity index is -0.000000189. The summed E-state index contributed by atoms with van der Waals surface area (Å²) in [6, 6.07) is 0. The van der Waals surface area contributed by atoms with Crippen molar-refractivity contribution in [3.8, 4) is 0 Å². The van der Waals surface area contributed by atoms with Crippen molar-refractivity contribution in [1.29, 1.82) is 0 Å². The molecule has 0 bridgehead atoms.